The number of nitrogens with two attached hydrogens (primary N) is 1. The van der Waals surface area contributed by atoms with Gasteiger partial charge in [-0.2, -0.15) is 0 Å². The Bertz CT molecular complexity index is 389. The van der Waals surface area contributed by atoms with E-state index in [0.29, 0.717) is 11.4 Å². The number of carbonyl (C=O) groups is 1. The lowest BCUT2D eigenvalue weighted by atomic mass is 10.2. The van der Waals surface area contributed by atoms with Gasteiger partial charge in [0.25, 0.3) is 0 Å². The predicted molar refractivity (Wildman–Crippen MR) is 75.9 cm³/mol. The third-order valence-electron chi connectivity index (χ3n) is 2.35. The molecule has 0 spiro atoms. The minimum atomic E-state index is -0.309. The molecule has 1 amide bonds. The minimum Gasteiger partial charge on any atom is -0.368 e. The van der Waals surface area contributed by atoms with Crippen molar-refractivity contribution in [2.24, 2.45) is 5.73 Å². The number of hydrogen-bond donors (Lipinski definition) is 2. The average molecular weight is 288 g/mol. The first-order valence-electron chi connectivity index (χ1n) is 5.91. The van der Waals surface area contributed by atoms with Crippen LogP contribution in [0.25, 0.3) is 0 Å². The number of pyridine rings is 1. The summed E-state index contributed by atoms with van der Waals surface area (Å²) in [5.74, 6) is 0.442. The van der Waals surface area contributed by atoms with Crippen LogP contribution in [0.5, 0.6) is 0 Å². The second-order valence-corrected chi connectivity index (χ2v) is 5.33. The highest BCUT2D eigenvalue weighted by Gasteiger charge is 2.14. The van der Waals surface area contributed by atoms with Gasteiger partial charge in [-0.15, -0.1) is 11.8 Å². The smallest absolute Gasteiger partial charge is 0.234 e. The molecule has 0 radical (unpaired) electrons. The number of hydrogen-bond acceptors (Lipinski definition) is 4. The Balaban J connectivity index is 2.39. The van der Waals surface area contributed by atoms with Crippen LogP contribution in [0, 0.1) is 0 Å². The van der Waals surface area contributed by atoms with Crippen LogP contribution < -0.4 is 11.1 Å². The number of primary amides is 1. The fourth-order valence-electron chi connectivity index (χ4n) is 1.41. The summed E-state index contributed by atoms with van der Waals surface area (Å²) in [4.78, 5) is 15.4. The van der Waals surface area contributed by atoms with Crippen molar-refractivity contribution < 1.29 is 4.79 Å². The Morgan fingerprint density at radius 2 is 2.44 bits per heavy atom. The maximum absolute atomic E-state index is 11.2. The van der Waals surface area contributed by atoms with Gasteiger partial charge < -0.3 is 11.1 Å². The van der Waals surface area contributed by atoms with Crippen molar-refractivity contribution in [1.82, 2.24) is 10.3 Å². The zero-order valence-electron chi connectivity index (χ0n) is 10.4. The molecule has 0 saturated carbocycles. The SMILES string of the molecule is CCCNC(CCSc1ncccc1Cl)C(N)=O. The minimum absolute atomic E-state index is 0.278. The van der Waals surface area contributed by atoms with E-state index < -0.39 is 0 Å². The number of aromatic nitrogens is 1. The molecule has 0 aromatic carbocycles. The van der Waals surface area contributed by atoms with E-state index in [0.717, 1.165) is 23.7 Å². The number of amides is 1. The van der Waals surface area contributed by atoms with Crippen LogP contribution in [0.2, 0.25) is 5.02 Å². The summed E-state index contributed by atoms with van der Waals surface area (Å²) in [7, 11) is 0. The summed E-state index contributed by atoms with van der Waals surface area (Å²) < 4.78 is 0. The van der Waals surface area contributed by atoms with Crippen LogP contribution in [0.1, 0.15) is 19.8 Å². The standard InChI is InChI=1S/C12H18ClN3OS/c1-2-6-15-10(11(14)17)5-8-18-12-9(13)4-3-7-16-12/h3-4,7,10,15H,2,5-6,8H2,1H3,(H2,14,17). The van der Waals surface area contributed by atoms with Crippen molar-refractivity contribution >= 4 is 29.3 Å². The molecular formula is C12H18ClN3OS. The number of carbonyl (C=O) groups excluding carboxylic acids is 1. The molecule has 0 fully saturated rings. The molecule has 1 atom stereocenters. The van der Waals surface area contributed by atoms with Crippen molar-refractivity contribution in [3.05, 3.63) is 23.4 Å². The molecule has 1 heterocycles. The van der Waals surface area contributed by atoms with E-state index >= 15 is 0 Å². The van der Waals surface area contributed by atoms with Crippen molar-refractivity contribution in [3.8, 4) is 0 Å². The largest absolute Gasteiger partial charge is 0.368 e. The van der Waals surface area contributed by atoms with E-state index in [4.69, 9.17) is 17.3 Å². The van der Waals surface area contributed by atoms with E-state index in [2.05, 4.69) is 10.3 Å². The van der Waals surface area contributed by atoms with Gasteiger partial charge in [-0.1, -0.05) is 18.5 Å². The summed E-state index contributed by atoms with van der Waals surface area (Å²) in [6.45, 7) is 2.84. The Morgan fingerprint density at radius 1 is 1.67 bits per heavy atom. The lowest BCUT2D eigenvalue weighted by Crippen LogP contribution is -2.41. The van der Waals surface area contributed by atoms with Crippen molar-refractivity contribution in [2.75, 3.05) is 12.3 Å². The molecule has 1 aromatic heterocycles. The third kappa shape index (κ3) is 5.25. The maximum atomic E-state index is 11.2. The van der Waals surface area contributed by atoms with Crippen LogP contribution >= 0.6 is 23.4 Å². The first-order chi connectivity index (χ1) is 8.65. The molecule has 1 aromatic rings. The zero-order chi connectivity index (χ0) is 13.4. The fourth-order valence-corrected chi connectivity index (χ4v) is 2.59. The Kier molecular flexibility index (Phi) is 7.08. The molecule has 1 unspecified atom stereocenters. The number of rotatable bonds is 8. The second-order valence-electron chi connectivity index (χ2n) is 3.84. The molecular weight excluding hydrogens is 270 g/mol. The van der Waals surface area contributed by atoms with E-state index in [1.165, 1.54) is 11.8 Å². The third-order valence-corrected chi connectivity index (χ3v) is 3.81. The first-order valence-corrected chi connectivity index (χ1v) is 7.27. The Hall–Kier alpha value is -0.780. The van der Waals surface area contributed by atoms with Gasteiger partial charge >= 0.3 is 0 Å². The van der Waals surface area contributed by atoms with Gasteiger partial charge in [0.2, 0.25) is 5.91 Å². The lowest BCUT2D eigenvalue weighted by Gasteiger charge is -2.14. The molecule has 6 heteroatoms. The highest BCUT2D eigenvalue weighted by molar-refractivity contribution is 7.99. The Labute approximate surface area is 117 Å². The monoisotopic (exact) mass is 287 g/mol. The highest BCUT2D eigenvalue weighted by atomic mass is 35.5. The molecule has 0 bridgehead atoms. The summed E-state index contributed by atoms with van der Waals surface area (Å²) >= 11 is 7.53. The molecule has 1 rings (SSSR count). The maximum Gasteiger partial charge on any atom is 0.234 e. The van der Waals surface area contributed by atoms with Gasteiger partial charge in [-0.25, -0.2) is 4.98 Å². The molecule has 0 aliphatic carbocycles. The van der Waals surface area contributed by atoms with Crippen molar-refractivity contribution in [3.63, 3.8) is 0 Å². The predicted octanol–water partition coefficient (Wildman–Crippen LogP) is 2.07. The van der Waals surface area contributed by atoms with Gasteiger partial charge in [0.15, 0.2) is 0 Å². The molecule has 4 nitrogen and oxygen atoms in total. The number of thioether (sulfide) groups is 1. The van der Waals surface area contributed by atoms with Crippen molar-refractivity contribution in [1.29, 1.82) is 0 Å². The summed E-state index contributed by atoms with van der Waals surface area (Å²) in [5.41, 5.74) is 5.33. The van der Waals surface area contributed by atoms with E-state index in [1.54, 1.807) is 18.3 Å². The Morgan fingerprint density at radius 3 is 3.06 bits per heavy atom. The molecule has 0 aliphatic rings. The average Bonchev–Trinajstić information content (AvgIpc) is 2.35. The summed E-state index contributed by atoms with van der Waals surface area (Å²) in [6, 6.07) is 3.32. The summed E-state index contributed by atoms with van der Waals surface area (Å²) in [5, 5.41) is 4.56. The van der Waals surface area contributed by atoms with Crippen LogP contribution in [-0.2, 0) is 4.79 Å². The van der Waals surface area contributed by atoms with E-state index in [9.17, 15) is 4.79 Å². The zero-order valence-corrected chi connectivity index (χ0v) is 11.9. The van der Waals surface area contributed by atoms with Crippen LogP contribution in [-0.4, -0.2) is 29.2 Å². The fraction of sp³-hybridized carbons (Fsp3) is 0.500. The molecule has 3 N–H and O–H groups in total. The lowest BCUT2D eigenvalue weighted by molar-refractivity contribution is -0.120. The number of halogens is 1. The van der Waals surface area contributed by atoms with E-state index in [1.807, 2.05) is 6.92 Å². The quantitative estimate of drug-likeness (QED) is 0.718. The molecule has 18 heavy (non-hydrogen) atoms. The molecule has 0 saturated heterocycles. The van der Waals surface area contributed by atoms with Gasteiger partial charge in [0, 0.05) is 11.9 Å². The molecule has 0 aliphatic heterocycles. The van der Waals surface area contributed by atoms with Crippen LogP contribution in [0.15, 0.2) is 23.4 Å². The normalized spacial score (nSPS) is 12.3. The topological polar surface area (TPSA) is 68.0 Å². The molecule has 100 valence electrons. The van der Waals surface area contributed by atoms with Gasteiger partial charge in [0.1, 0.15) is 5.03 Å². The summed E-state index contributed by atoms with van der Waals surface area (Å²) in [6.07, 6.45) is 3.35. The van der Waals surface area contributed by atoms with Gasteiger partial charge in [-0.05, 0) is 31.5 Å². The van der Waals surface area contributed by atoms with Crippen LogP contribution in [0.3, 0.4) is 0 Å². The highest BCUT2D eigenvalue weighted by Crippen LogP contribution is 2.24. The number of nitrogens with one attached hydrogen (secondary N) is 1. The number of nitrogens with zero attached hydrogens (tertiary/aromatic N) is 1. The van der Waals surface area contributed by atoms with Gasteiger partial charge in [0.05, 0.1) is 11.1 Å². The van der Waals surface area contributed by atoms with Crippen molar-refractivity contribution in [2.45, 2.75) is 30.8 Å². The van der Waals surface area contributed by atoms with Gasteiger partial charge in [-0.3, -0.25) is 4.79 Å². The van der Waals surface area contributed by atoms with Crippen LogP contribution in [0.4, 0.5) is 0 Å². The second kappa shape index (κ2) is 8.34. The van der Waals surface area contributed by atoms with E-state index in [-0.39, 0.29) is 11.9 Å². The first kappa shape index (κ1) is 15.3.